The minimum absolute atomic E-state index is 0.0145. The maximum Gasteiger partial charge on any atom is 0.253 e. The average molecular weight is 258 g/mol. The number of ether oxygens (including phenoxy) is 1. The number of hydrogen-bond acceptors (Lipinski definition) is 3. The van der Waals surface area contributed by atoms with Gasteiger partial charge in [-0.25, -0.2) is 0 Å². The number of hydrogen-bond donors (Lipinski definition) is 0. The summed E-state index contributed by atoms with van der Waals surface area (Å²) >= 11 is 0. The summed E-state index contributed by atoms with van der Waals surface area (Å²) in [6, 6.07) is 8.19. The maximum atomic E-state index is 12.1. The fourth-order valence-corrected chi connectivity index (χ4v) is 2.43. The van der Waals surface area contributed by atoms with E-state index in [4.69, 9.17) is 10.00 Å². The predicted octanol–water partition coefficient (Wildman–Crippen LogP) is 2.07. The molecule has 0 saturated carbocycles. The van der Waals surface area contributed by atoms with Crippen LogP contribution in [0.25, 0.3) is 0 Å². The van der Waals surface area contributed by atoms with Crippen molar-refractivity contribution in [2.75, 3.05) is 18.1 Å². The Morgan fingerprint density at radius 2 is 2.00 bits per heavy atom. The maximum absolute atomic E-state index is 12.1. The largest absolute Gasteiger partial charge is 0.352 e. The summed E-state index contributed by atoms with van der Waals surface area (Å²) in [6.07, 6.45) is 1.20. The molecule has 1 heterocycles. The molecule has 0 bridgehead atoms. The molecule has 1 aliphatic heterocycles. The fourth-order valence-electron chi connectivity index (χ4n) is 2.43. The van der Waals surface area contributed by atoms with Gasteiger partial charge in [0.1, 0.15) is 6.61 Å². The number of carbonyl (C=O) groups is 1. The van der Waals surface area contributed by atoms with Crippen LogP contribution in [0.15, 0.2) is 18.2 Å². The van der Waals surface area contributed by atoms with Gasteiger partial charge in [-0.05, 0) is 24.0 Å². The lowest BCUT2D eigenvalue weighted by Crippen LogP contribution is -2.47. The van der Waals surface area contributed by atoms with Crippen LogP contribution in [0.2, 0.25) is 0 Å². The number of nitriles is 1. The van der Waals surface area contributed by atoms with E-state index in [-0.39, 0.29) is 12.5 Å². The van der Waals surface area contributed by atoms with Gasteiger partial charge in [0.05, 0.1) is 18.3 Å². The number of anilines is 1. The lowest BCUT2D eigenvalue weighted by Gasteiger charge is -2.32. The third-order valence-electron chi connectivity index (χ3n) is 3.44. The second kappa shape index (κ2) is 5.85. The number of para-hydroxylation sites is 1. The van der Waals surface area contributed by atoms with Gasteiger partial charge in [-0.3, -0.25) is 4.79 Å². The van der Waals surface area contributed by atoms with Crippen molar-refractivity contribution in [1.29, 1.82) is 5.26 Å². The normalized spacial score (nSPS) is 19.3. The molecule has 0 spiro atoms. The molecule has 1 unspecified atom stereocenters. The van der Waals surface area contributed by atoms with E-state index in [9.17, 15) is 4.79 Å². The molecular formula is C15H18N2O2. The summed E-state index contributed by atoms with van der Waals surface area (Å²) in [4.78, 5) is 13.8. The van der Waals surface area contributed by atoms with E-state index in [0.717, 1.165) is 29.7 Å². The van der Waals surface area contributed by atoms with Gasteiger partial charge in [0.25, 0.3) is 5.91 Å². The Hall–Kier alpha value is -1.86. The molecule has 1 atom stereocenters. The molecule has 0 radical (unpaired) electrons. The number of amides is 1. The van der Waals surface area contributed by atoms with E-state index in [0.29, 0.717) is 6.54 Å². The van der Waals surface area contributed by atoms with Crippen molar-refractivity contribution < 1.29 is 9.53 Å². The first kappa shape index (κ1) is 13.6. The van der Waals surface area contributed by atoms with Crippen LogP contribution in [0.5, 0.6) is 0 Å². The molecule has 1 aromatic rings. The van der Waals surface area contributed by atoms with Crippen molar-refractivity contribution in [2.45, 2.75) is 32.8 Å². The van der Waals surface area contributed by atoms with Crippen LogP contribution < -0.4 is 4.90 Å². The molecule has 4 nitrogen and oxygen atoms in total. The minimum atomic E-state index is -0.535. The Labute approximate surface area is 113 Å². The molecule has 0 aliphatic carbocycles. The summed E-state index contributed by atoms with van der Waals surface area (Å²) < 4.78 is 5.19. The van der Waals surface area contributed by atoms with Gasteiger partial charge in [-0.2, -0.15) is 5.26 Å². The van der Waals surface area contributed by atoms with E-state index in [1.165, 1.54) is 0 Å². The zero-order chi connectivity index (χ0) is 13.8. The van der Waals surface area contributed by atoms with E-state index < -0.39 is 6.10 Å². The molecular weight excluding hydrogens is 240 g/mol. The second-order valence-corrected chi connectivity index (χ2v) is 4.57. The van der Waals surface area contributed by atoms with Crippen molar-refractivity contribution in [3.05, 3.63) is 29.3 Å². The van der Waals surface area contributed by atoms with E-state index in [2.05, 4.69) is 19.9 Å². The zero-order valence-electron chi connectivity index (χ0n) is 11.3. The van der Waals surface area contributed by atoms with Crippen LogP contribution >= 0.6 is 0 Å². The highest BCUT2D eigenvalue weighted by molar-refractivity contribution is 5.96. The standard InChI is InChI=1S/C15H18N2O2/c1-3-11-6-5-7-12(4-2)15(11)17-9-13(8-16)19-10-14(17)18/h5-7,13H,3-4,9-10H2,1-2H3. The summed E-state index contributed by atoms with van der Waals surface area (Å²) in [5.41, 5.74) is 3.26. The van der Waals surface area contributed by atoms with Crippen molar-refractivity contribution in [3.63, 3.8) is 0 Å². The Bertz CT molecular complexity index is 497. The molecule has 100 valence electrons. The van der Waals surface area contributed by atoms with Crippen LogP contribution in [-0.2, 0) is 22.4 Å². The number of benzene rings is 1. The van der Waals surface area contributed by atoms with Gasteiger partial charge < -0.3 is 9.64 Å². The van der Waals surface area contributed by atoms with E-state index >= 15 is 0 Å². The lowest BCUT2D eigenvalue weighted by molar-refractivity contribution is -0.127. The molecule has 1 fully saturated rings. The van der Waals surface area contributed by atoms with Crippen LogP contribution in [0.4, 0.5) is 5.69 Å². The third kappa shape index (κ3) is 2.61. The van der Waals surface area contributed by atoms with Gasteiger partial charge >= 0.3 is 0 Å². The van der Waals surface area contributed by atoms with Gasteiger partial charge in [0, 0.05) is 0 Å². The van der Waals surface area contributed by atoms with Gasteiger partial charge in [-0.15, -0.1) is 0 Å². The molecule has 0 aromatic heterocycles. The van der Waals surface area contributed by atoms with Crippen molar-refractivity contribution in [2.24, 2.45) is 0 Å². The van der Waals surface area contributed by atoms with Crippen LogP contribution in [0.1, 0.15) is 25.0 Å². The Morgan fingerprint density at radius 1 is 1.37 bits per heavy atom. The second-order valence-electron chi connectivity index (χ2n) is 4.57. The summed E-state index contributed by atoms with van der Waals surface area (Å²) in [7, 11) is 0. The molecule has 4 heteroatoms. The molecule has 1 aliphatic rings. The number of nitrogens with zero attached hydrogens (tertiary/aromatic N) is 2. The first-order valence-corrected chi connectivity index (χ1v) is 6.63. The summed E-state index contributed by atoms with van der Waals surface area (Å²) in [5, 5.41) is 8.98. The van der Waals surface area contributed by atoms with Crippen LogP contribution in [-0.4, -0.2) is 25.2 Å². The number of aryl methyl sites for hydroxylation is 2. The predicted molar refractivity (Wildman–Crippen MR) is 72.9 cm³/mol. The number of carbonyl (C=O) groups excluding carboxylic acids is 1. The lowest BCUT2D eigenvalue weighted by atomic mass is 10.0. The first-order chi connectivity index (χ1) is 9.21. The fraction of sp³-hybridized carbons (Fsp3) is 0.467. The van der Waals surface area contributed by atoms with Crippen molar-refractivity contribution in [1.82, 2.24) is 0 Å². The topological polar surface area (TPSA) is 53.3 Å². The molecule has 2 rings (SSSR count). The summed E-state index contributed by atoms with van der Waals surface area (Å²) in [6.45, 7) is 4.45. The molecule has 0 N–H and O–H groups in total. The van der Waals surface area contributed by atoms with Gasteiger partial charge in [0.15, 0.2) is 6.10 Å². The van der Waals surface area contributed by atoms with E-state index in [1.54, 1.807) is 4.90 Å². The van der Waals surface area contributed by atoms with Crippen molar-refractivity contribution in [3.8, 4) is 6.07 Å². The zero-order valence-corrected chi connectivity index (χ0v) is 11.3. The third-order valence-corrected chi connectivity index (χ3v) is 3.44. The monoisotopic (exact) mass is 258 g/mol. The molecule has 1 aromatic carbocycles. The highest BCUT2D eigenvalue weighted by Gasteiger charge is 2.29. The molecule has 19 heavy (non-hydrogen) atoms. The summed E-state index contributed by atoms with van der Waals surface area (Å²) in [5.74, 6) is -0.0675. The van der Waals surface area contributed by atoms with Crippen LogP contribution in [0.3, 0.4) is 0 Å². The van der Waals surface area contributed by atoms with Gasteiger partial charge in [-0.1, -0.05) is 32.0 Å². The smallest absolute Gasteiger partial charge is 0.253 e. The molecule has 1 amide bonds. The first-order valence-electron chi connectivity index (χ1n) is 6.63. The number of morpholine rings is 1. The SMILES string of the molecule is CCc1cccc(CC)c1N1CC(C#N)OCC1=O. The Kier molecular flexibility index (Phi) is 4.18. The Morgan fingerprint density at radius 3 is 2.53 bits per heavy atom. The average Bonchev–Trinajstić information content (AvgIpc) is 2.47. The van der Waals surface area contributed by atoms with Gasteiger partial charge in [0.2, 0.25) is 0 Å². The highest BCUT2D eigenvalue weighted by Crippen LogP contribution is 2.28. The van der Waals surface area contributed by atoms with E-state index in [1.807, 2.05) is 18.2 Å². The van der Waals surface area contributed by atoms with Crippen LogP contribution in [0, 0.1) is 11.3 Å². The minimum Gasteiger partial charge on any atom is -0.352 e. The molecule has 1 saturated heterocycles. The Balaban J connectivity index is 2.44. The van der Waals surface area contributed by atoms with Crippen molar-refractivity contribution >= 4 is 11.6 Å². The quantitative estimate of drug-likeness (QED) is 0.834. The highest BCUT2D eigenvalue weighted by atomic mass is 16.5. The number of rotatable bonds is 3.